The summed E-state index contributed by atoms with van der Waals surface area (Å²) < 4.78 is 1.41. The van der Waals surface area contributed by atoms with Crippen LogP contribution in [0.15, 0.2) is 41.2 Å². The lowest BCUT2D eigenvalue weighted by Crippen LogP contribution is -2.34. The van der Waals surface area contributed by atoms with Gasteiger partial charge in [0.1, 0.15) is 0 Å². The molecule has 5 rings (SSSR count). The third kappa shape index (κ3) is 3.04. The standard InChI is InChI=1S/C21H21N5O3/c27-17-12-18(25-19(28)14-8-4-5-9-15(14)20(25)29)26-21(23-17)22-16(24-26)11-10-13-6-2-1-3-7-13/h1-3,6-7,12,14-15H,4-5,8-11H2,(H,22,23,24,27). The number of aromatic nitrogens is 4. The number of amides is 2. The van der Waals surface area contributed by atoms with Crippen LogP contribution >= 0.6 is 0 Å². The van der Waals surface area contributed by atoms with E-state index in [0.29, 0.717) is 12.2 Å². The number of aromatic amines is 1. The number of rotatable bonds is 4. The molecular formula is C21H21N5O3. The number of nitrogens with zero attached hydrogens (tertiary/aromatic N) is 4. The average molecular weight is 391 g/mol. The fourth-order valence-electron chi connectivity index (χ4n) is 4.47. The summed E-state index contributed by atoms with van der Waals surface area (Å²) in [6.07, 6.45) is 4.68. The van der Waals surface area contributed by atoms with Crippen molar-refractivity contribution in [1.82, 2.24) is 19.6 Å². The van der Waals surface area contributed by atoms with Crippen molar-refractivity contribution >= 4 is 23.4 Å². The van der Waals surface area contributed by atoms with Crippen LogP contribution in [0.4, 0.5) is 5.82 Å². The van der Waals surface area contributed by atoms with Crippen LogP contribution in [0.2, 0.25) is 0 Å². The maximum absolute atomic E-state index is 13.0. The first-order valence-electron chi connectivity index (χ1n) is 10.0. The zero-order valence-electron chi connectivity index (χ0n) is 15.9. The van der Waals surface area contributed by atoms with E-state index in [1.165, 1.54) is 10.6 Å². The molecule has 1 saturated heterocycles. The average Bonchev–Trinajstić information content (AvgIpc) is 3.26. The summed E-state index contributed by atoms with van der Waals surface area (Å²) in [5, 5.41) is 4.49. The number of aryl methyl sites for hydroxylation is 2. The van der Waals surface area contributed by atoms with Gasteiger partial charge in [-0.3, -0.25) is 19.4 Å². The Morgan fingerprint density at radius 3 is 2.34 bits per heavy atom. The number of benzene rings is 1. The Morgan fingerprint density at radius 1 is 0.966 bits per heavy atom. The largest absolute Gasteiger partial charge is 0.291 e. The normalized spacial score (nSPS) is 21.7. The molecule has 8 nitrogen and oxygen atoms in total. The van der Waals surface area contributed by atoms with Gasteiger partial charge in [0.05, 0.1) is 11.8 Å². The Kier molecular flexibility index (Phi) is 4.26. The summed E-state index contributed by atoms with van der Waals surface area (Å²) in [6.45, 7) is 0. The van der Waals surface area contributed by atoms with E-state index in [9.17, 15) is 14.4 Å². The molecule has 2 aromatic heterocycles. The van der Waals surface area contributed by atoms with Gasteiger partial charge < -0.3 is 0 Å². The number of nitrogens with one attached hydrogen (secondary N) is 1. The highest BCUT2D eigenvalue weighted by Crippen LogP contribution is 2.39. The molecule has 148 valence electrons. The van der Waals surface area contributed by atoms with Crippen LogP contribution in [0.1, 0.15) is 37.1 Å². The minimum atomic E-state index is -0.412. The van der Waals surface area contributed by atoms with E-state index in [2.05, 4.69) is 15.1 Å². The Labute approximate surface area is 166 Å². The van der Waals surface area contributed by atoms with Crippen LogP contribution in [0.5, 0.6) is 0 Å². The molecule has 0 radical (unpaired) electrons. The van der Waals surface area contributed by atoms with Gasteiger partial charge in [-0.05, 0) is 24.8 Å². The second kappa shape index (κ2) is 6.95. The Balaban J connectivity index is 1.51. The van der Waals surface area contributed by atoms with E-state index in [-0.39, 0.29) is 35.2 Å². The van der Waals surface area contributed by atoms with Crippen molar-refractivity contribution in [2.24, 2.45) is 11.8 Å². The van der Waals surface area contributed by atoms with Crippen LogP contribution < -0.4 is 10.5 Å². The summed E-state index contributed by atoms with van der Waals surface area (Å²) in [7, 11) is 0. The lowest BCUT2D eigenvalue weighted by molar-refractivity contribution is -0.122. The summed E-state index contributed by atoms with van der Waals surface area (Å²) >= 11 is 0. The van der Waals surface area contributed by atoms with E-state index in [1.807, 2.05) is 30.3 Å². The van der Waals surface area contributed by atoms with Crippen molar-refractivity contribution < 1.29 is 9.59 Å². The van der Waals surface area contributed by atoms with Gasteiger partial charge in [-0.1, -0.05) is 43.2 Å². The number of imide groups is 1. The topological polar surface area (TPSA) is 100 Å². The third-order valence-electron chi connectivity index (χ3n) is 5.91. The van der Waals surface area contributed by atoms with E-state index in [4.69, 9.17) is 0 Å². The van der Waals surface area contributed by atoms with E-state index in [1.54, 1.807) is 0 Å². The molecule has 3 aromatic rings. The number of hydrogen-bond acceptors (Lipinski definition) is 5. The molecular weight excluding hydrogens is 370 g/mol. The van der Waals surface area contributed by atoms with Crippen molar-refractivity contribution in [3.8, 4) is 0 Å². The van der Waals surface area contributed by atoms with Crippen LogP contribution in [-0.4, -0.2) is 31.4 Å². The van der Waals surface area contributed by atoms with Crippen LogP contribution in [0.3, 0.4) is 0 Å². The van der Waals surface area contributed by atoms with Crippen LogP contribution in [0, 0.1) is 11.8 Å². The molecule has 2 unspecified atom stereocenters. The number of carbonyl (C=O) groups is 2. The molecule has 0 bridgehead atoms. The quantitative estimate of drug-likeness (QED) is 0.685. The van der Waals surface area contributed by atoms with Crippen molar-refractivity contribution in [3.63, 3.8) is 0 Å². The van der Waals surface area contributed by atoms with Crippen molar-refractivity contribution in [1.29, 1.82) is 0 Å². The van der Waals surface area contributed by atoms with Gasteiger partial charge in [-0.15, -0.1) is 5.10 Å². The lowest BCUT2D eigenvalue weighted by Gasteiger charge is -2.19. The molecule has 2 amide bonds. The maximum atomic E-state index is 13.0. The minimum Gasteiger partial charge on any atom is -0.291 e. The van der Waals surface area contributed by atoms with Gasteiger partial charge in [0, 0.05) is 12.5 Å². The molecule has 2 atom stereocenters. The molecule has 1 saturated carbocycles. The molecule has 1 aliphatic carbocycles. The predicted molar refractivity (Wildman–Crippen MR) is 105 cm³/mol. The highest BCUT2D eigenvalue weighted by molar-refractivity contribution is 6.21. The van der Waals surface area contributed by atoms with Crippen molar-refractivity contribution in [3.05, 3.63) is 58.1 Å². The SMILES string of the molecule is O=C1C2CCCCC2C(=O)N1c1cc(=O)[nH]c2nc(CCc3ccccc3)nn12. The molecule has 1 aromatic carbocycles. The second-order valence-corrected chi connectivity index (χ2v) is 7.75. The van der Waals surface area contributed by atoms with Gasteiger partial charge in [-0.2, -0.15) is 9.50 Å². The van der Waals surface area contributed by atoms with E-state index >= 15 is 0 Å². The Hall–Kier alpha value is -3.29. The molecule has 1 aliphatic heterocycles. The summed E-state index contributed by atoms with van der Waals surface area (Å²) in [5.41, 5.74) is 0.749. The summed E-state index contributed by atoms with van der Waals surface area (Å²) in [6, 6.07) is 11.2. The van der Waals surface area contributed by atoms with Gasteiger partial charge in [0.15, 0.2) is 11.6 Å². The molecule has 0 spiro atoms. The summed E-state index contributed by atoms with van der Waals surface area (Å²) in [5.74, 6) is -0.0506. The highest BCUT2D eigenvalue weighted by Gasteiger charge is 2.49. The molecule has 29 heavy (non-hydrogen) atoms. The molecule has 2 aliphatic rings. The zero-order valence-corrected chi connectivity index (χ0v) is 15.9. The van der Waals surface area contributed by atoms with E-state index < -0.39 is 5.56 Å². The van der Waals surface area contributed by atoms with E-state index in [0.717, 1.165) is 42.6 Å². The fraction of sp³-hybridized carbons (Fsp3) is 0.381. The fourth-order valence-corrected chi connectivity index (χ4v) is 4.47. The van der Waals surface area contributed by atoms with Crippen LogP contribution in [0.25, 0.3) is 5.78 Å². The first kappa shape index (κ1) is 17.8. The number of anilines is 1. The first-order chi connectivity index (χ1) is 14.1. The van der Waals surface area contributed by atoms with Gasteiger partial charge in [0.25, 0.3) is 5.56 Å². The Bertz CT molecular complexity index is 1130. The molecule has 2 fully saturated rings. The Morgan fingerprint density at radius 2 is 1.66 bits per heavy atom. The third-order valence-corrected chi connectivity index (χ3v) is 5.91. The maximum Gasteiger partial charge on any atom is 0.254 e. The number of carbonyl (C=O) groups excluding carboxylic acids is 2. The van der Waals surface area contributed by atoms with Crippen molar-refractivity contribution in [2.75, 3.05) is 4.90 Å². The molecule has 3 heterocycles. The molecule has 1 N–H and O–H groups in total. The minimum absolute atomic E-state index is 0.187. The number of fused-ring (bicyclic) bond motifs is 2. The molecule has 8 heteroatoms. The zero-order chi connectivity index (χ0) is 20.0. The lowest BCUT2D eigenvalue weighted by atomic mass is 9.81. The smallest absolute Gasteiger partial charge is 0.254 e. The van der Waals surface area contributed by atoms with Gasteiger partial charge in [0.2, 0.25) is 17.6 Å². The first-order valence-corrected chi connectivity index (χ1v) is 10.0. The van der Waals surface area contributed by atoms with Crippen molar-refractivity contribution in [2.45, 2.75) is 38.5 Å². The van der Waals surface area contributed by atoms with Gasteiger partial charge in [-0.25, -0.2) is 4.90 Å². The van der Waals surface area contributed by atoms with Crippen LogP contribution in [-0.2, 0) is 22.4 Å². The number of H-pyrrole nitrogens is 1. The monoisotopic (exact) mass is 391 g/mol. The van der Waals surface area contributed by atoms with Gasteiger partial charge >= 0.3 is 0 Å². The second-order valence-electron chi connectivity index (χ2n) is 7.75. The summed E-state index contributed by atoms with van der Waals surface area (Å²) in [4.78, 5) is 46.3. The predicted octanol–water partition coefficient (Wildman–Crippen LogP) is 1.88. The number of hydrogen-bond donors (Lipinski definition) is 1. The highest BCUT2D eigenvalue weighted by atomic mass is 16.2.